The minimum absolute atomic E-state index is 0.0800. The third kappa shape index (κ3) is 5.96. The van der Waals surface area contributed by atoms with Gasteiger partial charge < -0.3 is 19.1 Å². The highest BCUT2D eigenvalue weighted by atomic mass is 16.6. The van der Waals surface area contributed by atoms with E-state index >= 15 is 0 Å². The van der Waals surface area contributed by atoms with Crippen molar-refractivity contribution in [1.82, 2.24) is 4.90 Å². The van der Waals surface area contributed by atoms with E-state index in [-0.39, 0.29) is 24.3 Å². The molecule has 0 spiro atoms. The molecule has 0 N–H and O–H groups in total. The first-order chi connectivity index (χ1) is 13.1. The Hall–Kier alpha value is -2.08. The van der Waals surface area contributed by atoms with Crippen LogP contribution >= 0.6 is 0 Å². The van der Waals surface area contributed by atoms with Crippen LogP contribution in [0.2, 0.25) is 0 Å². The van der Waals surface area contributed by atoms with Crippen molar-refractivity contribution >= 4 is 12.1 Å². The van der Waals surface area contributed by atoms with Crippen LogP contribution in [0.4, 0.5) is 4.79 Å². The molecule has 1 amide bonds. The quantitative estimate of drug-likeness (QED) is 0.712. The summed E-state index contributed by atoms with van der Waals surface area (Å²) in [5.74, 6) is 0.283. The topological polar surface area (TPSA) is 65.1 Å². The van der Waals surface area contributed by atoms with Crippen molar-refractivity contribution in [3.63, 3.8) is 0 Å². The van der Waals surface area contributed by atoms with Crippen molar-refractivity contribution in [2.75, 3.05) is 20.2 Å². The van der Waals surface area contributed by atoms with Gasteiger partial charge in [0.05, 0.1) is 25.9 Å². The Labute approximate surface area is 160 Å². The van der Waals surface area contributed by atoms with Crippen LogP contribution < -0.4 is 0 Å². The lowest BCUT2D eigenvalue weighted by molar-refractivity contribution is -0.142. The summed E-state index contributed by atoms with van der Waals surface area (Å²) in [6, 6.07) is 9.70. The first kappa shape index (κ1) is 19.7. The summed E-state index contributed by atoms with van der Waals surface area (Å²) in [6.07, 6.45) is 5.32. The molecule has 2 fully saturated rings. The minimum atomic E-state index is -0.272. The van der Waals surface area contributed by atoms with E-state index in [1.807, 2.05) is 30.3 Å². The Morgan fingerprint density at radius 3 is 2.48 bits per heavy atom. The maximum absolute atomic E-state index is 12.2. The van der Waals surface area contributed by atoms with Crippen LogP contribution in [0.1, 0.15) is 44.1 Å². The largest absolute Gasteiger partial charge is 0.469 e. The van der Waals surface area contributed by atoms with Crippen LogP contribution in [0.3, 0.4) is 0 Å². The van der Waals surface area contributed by atoms with Gasteiger partial charge in [0, 0.05) is 13.0 Å². The molecule has 6 nitrogen and oxygen atoms in total. The molecule has 1 heterocycles. The van der Waals surface area contributed by atoms with E-state index < -0.39 is 0 Å². The van der Waals surface area contributed by atoms with Gasteiger partial charge in [-0.15, -0.1) is 0 Å². The molecule has 6 heteroatoms. The van der Waals surface area contributed by atoms with E-state index in [2.05, 4.69) is 0 Å². The maximum Gasteiger partial charge on any atom is 0.410 e. The van der Waals surface area contributed by atoms with E-state index in [0.29, 0.717) is 32.0 Å². The lowest BCUT2D eigenvalue weighted by Gasteiger charge is -2.30. The molecule has 1 aromatic carbocycles. The highest BCUT2D eigenvalue weighted by molar-refractivity contribution is 5.69. The molecule has 2 aliphatic rings. The third-order valence-electron chi connectivity index (χ3n) is 5.47. The fourth-order valence-electron chi connectivity index (χ4n) is 3.88. The summed E-state index contributed by atoms with van der Waals surface area (Å²) in [6.45, 7) is 1.57. The van der Waals surface area contributed by atoms with Crippen LogP contribution in [0.5, 0.6) is 0 Å². The molecule has 1 saturated carbocycles. The van der Waals surface area contributed by atoms with Crippen molar-refractivity contribution in [2.45, 2.75) is 57.3 Å². The van der Waals surface area contributed by atoms with Gasteiger partial charge in [0.15, 0.2) is 0 Å². The molecule has 0 aromatic heterocycles. The molecule has 148 valence electrons. The molecule has 3 rings (SSSR count). The number of esters is 1. The van der Waals surface area contributed by atoms with Crippen LogP contribution in [-0.4, -0.2) is 49.4 Å². The summed E-state index contributed by atoms with van der Waals surface area (Å²) in [5, 5.41) is 0. The molecular weight excluding hydrogens is 346 g/mol. The van der Waals surface area contributed by atoms with Crippen molar-refractivity contribution in [3.8, 4) is 0 Å². The van der Waals surface area contributed by atoms with Gasteiger partial charge in [-0.3, -0.25) is 4.79 Å². The second kappa shape index (κ2) is 9.74. The molecule has 0 radical (unpaired) electrons. The van der Waals surface area contributed by atoms with Gasteiger partial charge in [-0.25, -0.2) is 4.79 Å². The first-order valence-corrected chi connectivity index (χ1v) is 9.82. The second-order valence-corrected chi connectivity index (χ2v) is 7.46. The Bertz CT molecular complexity index is 612. The van der Waals surface area contributed by atoms with Gasteiger partial charge in [-0.1, -0.05) is 30.3 Å². The summed E-state index contributed by atoms with van der Waals surface area (Å²) in [7, 11) is 1.44. The Morgan fingerprint density at radius 1 is 1.04 bits per heavy atom. The van der Waals surface area contributed by atoms with Crippen LogP contribution in [0.15, 0.2) is 30.3 Å². The van der Waals surface area contributed by atoms with E-state index in [0.717, 1.165) is 37.7 Å². The van der Waals surface area contributed by atoms with E-state index in [9.17, 15) is 9.59 Å². The first-order valence-electron chi connectivity index (χ1n) is 9.82. The van der Waals surface area contributed by atoms with Gasteiger partial charge in [0.25, 0.3) is 0 Å². The second-order valence-electron chi connectivity index (χ2n) is 7.46. The molecular formula is C21H29NO5. The number of hydrogen-bond donors (Lipinski definition) is 0. The number of rotatable bonds is 6. The van der Waals surface area contributed by atoms with Crippen LogP contribution in [0, 0.1) is 5.92 Å². The number of amides is 1. The number of ether oxygens (including phenoxy) is 3. The SMILES string of the molecule is COC(=O)CC1CCC(OC2CCN(C(=O)OCc3ccccc3)C2)CC1. The van der Waals surface area contributed by atoms with Crippen LogP contribution in [0.25, 0.3) is 0 Å². The molecule has 0 bridgehead atoms. The molecule has 1 aliphatic carbocycles. The highest BCUT2D eigenvalue weighted by Crippen LogP contribution is 2.30. The summed E-state index contributed by atoms with van der Waals surface area (Å²) in [5.41, 5.74) is 0.988. The Kier molecular flexibility index (Phi) is 7.10. The summed E-state index contributed by atoms with van der Waals surface area (Å²) < 4.78 is 16.4. The van der Waals surface area contributed by atoms with Crippen molar-refractivity contribution in [1.29, 1.82) is 0 Å². The van der Waals surface area contributed by atoms with Crippen molar-refractivity contribution in [3.05, 3.63) is 35.9 Å². The number of benzene rings is 1. The number of carbonyl (C=O) groups is 2. The third-order valence-corrected chi connectivity index (χ3v) is 5.47. The zero-order chi connectivity index (χ0) is 19.1. The molecule has 1 aliphatic heterocycles. The number of nitrogens with zero attached hydrogens (tertiary/aromatic N) is 1. The normalized spacial score (nSPS) is 25.2. The van der Waals surface area contributed by atoms with Gasteiger partial charge >= 0.3 is 12.1 Å². The standard InChI is InChI=1S/C21H29NO5/c1-25-20(23)13-16-7-9-18(10-8-16)27-19-11-12-22(14-19)21(24)26-15-17-5-3-2-4-6-17/h2-6,16,18-19H,7-15H2,1H3. The number of likely N-dealkylation sites (tertiary alicyclic amines) is 1. The number of methoxy groups -OCH3 is 1. The molecule has 1 saturated heterocycles. The maximum atomic E-state index is 12.2. The number of carbonyl (C=O) groups excluding carboxylic acids is 2. The smallest absolute Gasteiger partial charge is 0.410 e. The molecule has 1 unspecified atom stereocenters. The zero-order valence-electron chi connectivity index (χ0n) is 16.0. The van der Waals surface area contributed by atoms with Crippen molar-refractivity contribution < 1.29 is 23.8 Å². The lowest BCUT2D eigenvalue weighted by Crippen LogP contribution is -2.33. The molecule has 1 atom stereocenters. The zero-order valence-corrected chi connectivity index (χ0v) is 16.0. The van der Waals surface area contributed by atoms with Crippen molar-refractivity contribution in [2.24, 2.45) is 5.92 Å². The van der Waals surface area contributed by atoms with E-state index in [1.54, 1.807) is 4.90 Å². The van der Waals surface area contributed by atoms with Crippen LogP contribution in [-0.2, 0) is 25.6 Å². The lowest BCUT2D eigenvalue weighted by atomic mass is 9.85. The average molecular weight is 375 g/mol. The minimum Gasteiger partial charge on any atom is -0.469 e. The summed E-state index contributed by atoms with van der Waals surface area (Å²) >= 11 is 0. The summed E-state index contributed by atoms with van der Waals surface area (Å²) in [4.78, 5) is 25.3. The van der Waals surface area contributed by atoms with Gasteiger partial charge in [-0.2, -0.15) is 0 Å². The predicted octanol–water partition coefficient (Wildman–Crippen LogP) is 3.54. The highest BCUT2D eigenvalue weighted by Gasteiger charge is 2.31. The Morgan fingerprint density at radius 2 is 1.78 bits per heavy atom. The van der Waals surface area contributed by atoms with Gasteiger partial charge in [0.1, 0.15) is 6.61 Å². The monoisotopic (exact) mass is 375 g/mol. The fraction of sp³-hybridized carbons (Fsp3) is 0.619. The average Bonchev–Trinajstić information content (AvgIpc) is 3.17. The van der Waals surface area contributed by atoms with E-state index in [4.69, 9.17) is 14.2 Å². The molecule has 1 aromatic rings. The fourth-order valence-corrected chi connectivity index (χ4v) is 3.88. The molecule has 27 heavy (non-hydrogen) atoms. The van der Waals surface area contributed by atoms with E-state index in [1.165, 1.54) is 7.11 Å². The number of hydrogen-bond acceptors (Lipinski definition) is 5. The predicted molar refractivity (Wildman–Crippen MR) is 100 cm³/mol. The van der Waals surface area contributed by atoms with Gasteiger partial charge in [-0.05, 0) is 43.6 Å². The van der Waals surface area contributed by atoms with Gasteiger partial charge in [0.2, 0.25) is 0 Å². The Balaban J connectivity index is 1.35.